The van der Waals surface area contributed by atoms with Gasteiger partial charge in [0.2, 0.25) is 0 Å². The molecule has 0 aliphatic heterocycles. The van der Waals surface area contributed by atoms with Gasteiger partial charge in [-0.05, 0) is 45.6 Å². The molecule has 2 heteroatoms. The van der Waals surface area contributed by atoms with Crippen LogP contribution in [0.3, 0.4) is 0 Å². The highest BCUT2D eigenvalue weighted by molar-refractivity contribution is 5.14. The van der Waals surface area contributed by atoms with Crippen molar-refractivity contribution in [3.05, 3.63) is 11.6 Å². The molecule has 0 saturated carbocycles. The highest BCUT2D eigenvalue weighted by atomic mass is 16.5. The van der Waals surface area contributed by atoms with Gasteiger partial charge in [0.15, 0.2) is 0 Å². The molecule has 0 amide bonds. The summed E-state index contributed by atoms with van der Waals surface area (Å²) in [6.45, 7) is 8.40. The summed E-state index contributed by atoms with van der Waals surface area (Å²) in [7, 11) is 0. The van der Waals surface area contributed by atoms with Crippen LogP contribution in [-0.2, 0) is 4.74 Å². The highest BCUT2D eigenvalue weighted by Crippen LogP contribution is 2.24. The fourth-order valence-electron chi connectivity index (χ4n) is 3.07. The zero-order valence-electron chi connectivity index (χ0n) is 13.2. The largest absolute Gasteiger partial charge is 0.377 e. The molecule has 0 radical (unpaired) electrons. The number of likely N-dealkylation sites (N-methyl/N-ethyl adjacent to an activating group) is 1. The lowest BCUT2D eigenvalue weighted by molar-refractivity contribution is 0.0363. The summed E-state index contributed by atoms with van der Waals surface area (Å²) in [5, 5.41) is 3.68. The van der Waals surface area contributed by atoms with Crippen LogP contribution in [0.4, 0.5) is 0 Å². The number of allylic oxidation sites excluding steroid dienone is 1. The molecule has 2 atom stereocenters. The van der Waals surface area contributed by atoms with Crippen LogP contribution in [0, 0.1) is 0 Å². The van der Waals surface area contributed by atoms with Gasteiger partial charge < -0.3 is 10.1 Å². The number of hydrogen-bond acceptors (Lipinski definition) is 2. The van der Waals surface area contributed by atoms with E-state index in [9.17, 15) is 0 Å². The number of nitrogens with one attached hydrogen (secondary N) is 1. The van der Waals surface area contributed by atoms with Crippen molar-refractivity contribution in [2.24, 2.45) is 0 Å². The van der Waals surface area contributed by atoms with Gasteiger partial charge in [-0.2, -0.15) is 0 Å². The van der Waals surface area contributed by atoms with Gasteiger partial charge in [-0.3, -0.25) is 0 Å². The first-order valence-electron chi connectivity index (χ1n) is 8.37. The molecule has 0 aromatic rings. The maximum absolute atomic E-state index is 6.02. The summed E-state index contributed by atoms with van der Waals surface area (Å²) >= 11 is 0. The SMILES string of the molecule is CCCC(OCC)C(NCC)C1=CCCCCCC1. The second-order valence-corrected chi connectivity index (χ2v) is 5.55. The van der Waals surface area contributed by atoms with Crippen LogP contribution in [0.15, 0.2) is 11.6 Å². The molecule has 0 aromatic heterocycles. The Hall–Kier alpha value is -0.340. The van der Waals surface area contributed by atoms with Crippen LogP contribution in [0.5, 0.6) is 0 Å². The van der Waals surface area contributed by atoms with Crippen molar-refractivity contribution >= 4 is 0 Å². The van der Waals surface area contributed by atoms with Gasteiger partial charge >= 0.3 is 0 Å². The number of ether oxygens (including phenoxy) is 1. The molecule has 1 rings (SSSR count). The highest BCUT2D eigenvalue weighted by Gasteiger charge is 2.24. The van der Waals surface area contributed by atoms with Crippen LogP contribution in [-0.4, -0.2) is 25.3 Å². The van der Waals surface area contributed by atoms with Gasteiger partial charge in [0, 0.05) is 6.61 Å². The van der Waals surface area contributed by atoms with Gasteiger partial charge in [0.1, 0.15) is 0 Å². The van der Waals surface area contributed by atoms with E-state index in [1.54, 1.807) is 5.57 Å². The monoisotopic (exact) mass is 267 g/mol. The fourth-order valence-corrected chi connectivity index (χ4v) is 3.07. The van der Waals surface area contributed by atoms with Crippen molar-refractivity contribution in [2.75, 3.05) is 13.2 Å². The molecule has 0 saturated heterocycles. The zero-order valence-corrected chi connectivity index (χ0v) is 13.2. The predicted octanol–water partition coefficient (Wildman–Crippen LogP) is 4.45. The minimum atomic E-state index is 0.348. The third kappa shape index (κ3) is 6.09. The van der Waals surface area contributed by atoms with E-state index in [-0.39, 0.29) is 0 Å². The topological polar surface area (TPSA) is 21.3 Å². The van der Waals surface area contributed by atoms with E-state index in [0.717, 1.165) is 19.6 Å². The quantitative estimate of drug-likeness (QED) is 0.656. The summed E-state index contributed by atoms with van der Waals surface area (Å²) in [6, 6.07) is 0.433. The normalized spacial score (nSPS) is 20.3. The van der Waals surface area contributed by atoms with Gasteiger partial charge in [-0.15, -0.1) is 0 Å². The molecule has 112 valence electrons. The van der Waals surface area contributed by atoms with Crippen molar-refractivity contribution in [3.63, 3.8) is 0 Å². The lowest BCUT2D eigenvalue weighted by atomic mass is 9.90. The first-order valence-corrected chi connectivity index (χ1v) is 8.37. The van der Waals surface area contributed by atoms with E-state index < -0.39 is 0 Å². The van der Waals surface area contributed by atoms with Crippen LogP contribution in [0.25, 0.3) is 0 Å². The summed E-state index contributed by atoms with van der Waals surface area (Å²) in [4.78, 5) is 0. The van der Waals surface area contributed by atoms with Crippen molar-refractivity contribution < 1.29 is 4.74 Å². The fraction of sp³-hybridized carbons (Fsp3) is 0.882. The average Bonchev–Trinajstić information content (AvgIpc) is 2.36. The van der Waals surface area contributed by atoms with Crippen molar-refractivity contribution in [3.8, 4) is 0 Å². The second-order valence-electron chi connectivity index (χ2n) is 5.55. The maximum atomic E-state index is 6.02. The van der Waals surface area contributed by atoms with Gasteiger partial charge in [-0.1, -0.05) is 44.8 Å². The van der Waals surface area contributed by atoms with Gasteiger partial charge in [0.05, 0.1) is 12.1 Å². The Kier molecular flexibility index (Phi) is 9.19. The predicted molar refractivity (Wildman–Crippen MR) is 83.6 cm³/mol. The molecule has 2 unspecified atom stereocenters. The Morgan fingerprint density at radius 2 is 1.95 bits per heavy atom. The van der Waals surface area contributed by atoms with Gasteiger partial charge in [0.25, 0.3) is 0 Å². The molecule has 1 aliphatic rings. The molecule has 2 nitrogen and oxygen atoms in total. The molecule has 19 heavy (non-hydrogen) atoms. The van der Waals surface area contributed by atoms with Crippen molar-refractivity contribution in [1.29, 1.82) is 0 Å². The third-order valence-corrected chi connectivity index (χ3v) is 3.98. The molecule has 0 heterocycles. The van der Waals surface area contributed by atoms with Crippen molar-refractivity contribution in [1.82, 2.24) is 5.32 Å². The maximum Gasteiger partial charge on any atom is 0.0766 e. The molecule has 0 fully saturated rings. The molecule has 0 spiro atoms. The molecule has 1 N–H and O–H groups in total. The number of rotatable bonds is 8. The third-order valence-electron chi connectivity index (χ3n) is 3.98. The van der Waals surface area contributed by atoms with Crippen LogP contribution in [0.1, 0.15) is 72.1 Å². The Labute approximate surface area is 120 Å². The second kappa shape index (κ2) is 10.4. The Morgan fingerprint density at radius 1 is 1.16 bits per heavy atom. The lowest BCUT2D eigenvalue weighted by Gasteiger charge is -2.30. The summed E-state index contributed by atoms with van der Waals surface area (Å²) in [5.41, 5.74) is 1.61. The average molecular weight is 267 g/mol. The van der Waals surface area contributed by atoms with E-state index >= 15 is 0 Å². The molecule has 1 aliphatic carbocycles. The Bertz CT molecular complexity index is 244. The van der Waals surface area contributed by atoms with Gasteiger partial charge in [-0.25, -0.2) is 0 Å². The van der Waals surface area contributed by atoms with Crippen LogP contribution in [0.2, 0.25) is 0 Å². The van der Waals surface area contributed by atoms with Crippen LogP contribution < -0.4 is 5.32 Å². The Balaban J connectivity index is 2.75. The minimum Gasteiger partial charge on any atom is -0.377 e. The minimum absolute atomic E-state index is 0.348. The zero-order chi connectivity index (χ0) is 13.9. The Morgan fingerprint density at radius 3 is 2.63 bits per heavy atom. The molecule has 0 aromatic carbocycles. The molecular weight excluding hydrogens is 234 g/mol. The van der Waals surface area contributed by atoms with Crippen LogP contribution >= 0.6 is 0 Å². The number of hydrogen-bond donors (Lipinski definition) is 1. The smallest absolute Gasteiger partial charge is 0.0766 e. The van der Waals surface area contributed by atoms with E-state index in [1.807, 2.05) is 0 Å². The molecule has 0 bridgehead atoms. The first kappa shape index (κ1) is 16.7. The van der Waals surface area contributed by atoms with Crippen molar-refractivity contribution in [2.45, 2.75) is 84.3 Å². The summed E-state index contributed by atoms with van der Waals surface area (Å²) < 4.78 is 6.02. The van der Waals surface area contributed by atoms with E-state index in [2.05, 4.69) is 32.2 Å². The van der Waals surface area contributed by atoms with E-state index in [4.69, 9.17) is 4.74 Å². The molecular formula is C17H33NO. The van der Waals surface area contributed by atoms with E-state index in [1.165, 1.54) is 44.9 Å². The summed E-state index contributed by atoms with van der Waals surface area (Å²) in [5.74, 6) is 0. The first-order chi connectivity index (χ1) is 9.33. The van der Waals surface area contributed by atoms with E-state index in [0.29, 0.717) is 12.1 Å². The lowest BCUT2D eigenvalue weighted by Crippen LogP contribution is -2.43. The summed E-state index contributed by atoms with van der Waals surface area (Å²) in [6.07, 6.45) is 13.2. The standard InChI is InChI=1S/C17H33NO/c1-4-12-16(19-6-3)17(18-5-2)15-13-10-8-7-9-11-14-15/h13,16-18H,4-12,14H2,1-3H3.